The van der Waals surface area contributed by atoms with Crippen molar-refractivity contribution in [3.05, 3.63) is 0 Å². The zero-order chi connectivity index (χ0) is 9.19. The Morgan fingerprint density at radius 1 is 1.58 bits per heavy atom. The maximum absolute atomic E-state index is 11.2. The van der Waals surface area contributed by atoms with Gasteiger partial charge in [-0.2, -0.15) is 0 Å². The molecule has 0 aromatic heterocycles. The second-order valence-electron chi connectivity index (χ2n) is 4.07. The molecular formula is C10H19NO. The number of nitrogens with one attached hydrogen (secondary N) is 1. The molecule has 1 aliphatic heterocycles. The maximum atomic E-state index is 11.2. The molecule has 2 heteroatoms. The lowest BCUT2D eigenvalue weighted by Crippen LogP contribution is -2.54. The fraction of sp³-hybridized carbons (Fsp3) is 0.900. The smallest absolute Gasteiger partial charge is 0.220 e. The van der Waals surface area contributed by atoms with E-state index in [2.05, 4.69) is 26.1 Å². The van der Waals surface area contributed by atoms with Gasteiger partial charge >= 0.3 is 0 Å². The number of amides is 1. The van der Waals surface area contributed by atoms with Gasteiger partial charge in [-0.3, -0.25) is 4.79 Å². The first-order valence-electron chi connectivity index (χ1n) is 4.92. The number of rotatable bonds is 2. The third-order valence-corrected chi connectivity index (χ3v) is 3.15. The summed E-state index contributed by atoms with van der Waals surface area (Å²) < 4.78 is 0. The van der Waals surface area contributed by atoms with Crippen LogP contribution in [0.25, 0.3) is 0 Å². The predicted octanol–water partition coefficient (Wildman–Crippen LogP) is 2.09. The fourth-order valence-electron chi connectivity index (χ4n) is 2.07. The molecule has 0 aromatic carbocycles. The highest BCUT2D eigenvalue weighted by Gasteiger charge is 2.35. The number of carbonyl (C=O) groups is 1. The second-order valence-corrected chi connectivity index (χ2v) is 4.07. The van der Waals surface area contributed by atoms with Crippen molar-refractivity contribution in [2.75, 3.05) is 0 Å². The van der Waals surface area contributed by atoms with Gasteiger partial charge in [0.1, 0.15) is 0 Å². The highest BCUT2D eigenvalue weighted by Crippen LogP contribution is 2.30. The lowest BCUT2D eigenvalue weighted by molar-refractivity contribution is -0.126. The van der Waals surface area contributed by atoms with Crippen LogP contribution in [0.5, 0.6) is 0 Å². The lowest BCUT2D eigenvalue weighted by atomic mass is 9.77. The van der Waals surface area contributed by atoms with Crippen molar-refractivity contribution in [1.29, 1.82) is 0 Å². The summed E-state index contributed by atoms with van der Waals surface area (Å²) in [7, 11) is 0. The zero-order valence-electron chi connectivity index (χ0n) is 8.31. The quantitative estimate of drug-likeness (QED) is 0.673. The topological polar surface area (TPSA) is 29.1 Å². The van der Waals surface area contributed by atoms with Crippen LogP contribution in [0.15, 0.2) is 0 Å². The molecule has 0 aliphatic carbocycles. The molecule has 0 spiro atoms. The Morgan fingerprint density at radius 2 is 2.25 bits per heavy atom. The van der Waals surface area contributed by atoms with E-state index in [0.717, 1.165) is 19.3 Å². The third kappa shape index (κ3) is 1.62. The largest absolute Gasteiger partial charge is 0.350 e. The molecule has 1 rings (SSSR count). The van der Waals surface area contributed by atoms with Crippen molar-refractivity contribution in [3.63, 3.8) is 0 Å². The van der Waals surface area contributed by atoms with E-state index in [1.807, 2.05) is 0 Å². The monoisotopic (exact) mass is 169 g/mol. The van der Waals surface area contributed by atoms with E-state index in [4.69, 9.17) is 0 Å². The average molecular weight is 169 g/mol. The van der Waals surface area contributed by atoms with Gasteiger partial charge in [-0.1, -0.05) is 20.8 Å². The molecule has 1 aliphatic rings. The first-order valence-corrected chi connectivity index (χ1v) is 4.92. The van der Waals surface area contributed by atoms with Gasteiger partial charge in [0.2, 0.25) is 5.91 Å². The van der Waals surface area contributed by atoms with E-state index < -0.39 is 0 Å². The predicted molar refractivity (Wildman–Crippen MR) is 49.9 cm³/mol. The van der Waals surface area contributed by atoms with Crippen molar-refractivity contribution >= 4 is 5.91 Å². The van der Waals surface area contributed by atoms with Crippen LogP contribution < -0.4 is 5.32 Å². The van der Waals surface area contributed by atoms with Crippen molar-refractivity contribution in [2.45, 2.75) is 52.0 Å². The van der Waals surface area contributed by atoms with Gasteiger partial charge in [-0.05, 0) is 25.2 Å². The van der Waals surface area contributed by atoms with Crippen molar-refractivity contribution in [2.24, 2.45) is 5.92 Å². The van der Waals surface area contributed by atoms with Crippen molar-refractivity contribution in [3.8, 4) is 0 Å². The van der Waals surface area contributed by atoms with E-state index in [0.29, 0.717) is 12.3 Å². The highest BCUT2D eigenvalue weighted by atomic mass is 16.1. The molecular weight excluding hydrogens is 150 g/mol. The number of piperidine rings is 1. The van der Waals surface area contributed by atoms with Crippen LogP contribution in [-0.2, 0) is 4.79 Å². The van der Waals surface area contributed by atoms with E-state index >= 15 is 0 Å². The minimum atomic E-state index is 0.0926. The Balaban J connectivity index is 2.71. The molecule has 1 fully saturated rings. The van der Waals surface area contributed by atoms with Crippen molar-refractivity contribution in [1.82, 2.24) is 5.32 Å². The maximum Gasteiger partial charge on any atom is 0.220 e. The Morgan fingerprint density at radius 3 is 2.58 bits per heavy atom. The summed E-state index contributed by atoms with van der Waals surface area (Å²) in [6.07, 6.45) is 3.97. The Kier molecular flexibility index (Phi) is 2.76. The minimum absolute atomic E-state index is 0.0926. The summed E-state index contributed by atoms with van der Waals surface area (Å²) in [5.41, 5.74) is 0.0926. The summed E-state index contributed by atoms with van der Waals surface area (Å²) >= 11 is 0. The summed E-state index contributed by atoms with van der Waals surface area (Å²) in [6, 6.07) is 0. The summed E-state index contributed by atoms with van der Waals surface area (Å²) in [6.45, 7) is 6.54. The molecule has 0 radical (unpaired) electrons. The molecule has 1 N–H and O–H groups in total. The molecule has 70 valence electrons. The van der Waals surface area contributed by atoms with Gasteiger partial charge in [0.25, 0.3) is 0 Å². The van der Waals surface area contributed by atoms with E-state index in [1.54, 1.807) is 0 Å². The first kappa shape index (κ1) is 9.56. The van der Waals surface area contributed by atoms with E-state index in [1.165, 1.54) is 0 Å². The highest BCUT2D eigenvalue weighted by molar-refractivity contribution is 5.77. The van der Waals surface area contributed by atoms with Crippen LogP contribution in [-0.4, -0.2) is 11.4 Å². The van der Waals surface area contributed by atoms with Crippen LogP contribution in [0.4, 0.5) is 0 Å². The van der Waals surface area contributed by atoms with Gasteiger partial charge in [0.15, 0.2) is 0 Å². The molecule has 1 atom stereocenters. The van der Waals surface area contributed by atoms with Crippen LogP contribution in [0, 0.1) is 5.92 Å². The van der Waals surface area contributed by atoms with Crippen LogP contribution in [0.1, 0.15) is 46.5 Å². The van der Waals surface area contributed by atoms with E-state index in [-0.39, 0.29) is 11.4 Å². The SMILES string of the molecule is CCC1(C(C)C)CCCC(=O)N1. The summed E-state index contributed by atoms with van der Waals surface area (Å²) in [4.78, 5) is 11.2. The summed E-state index contributed by atoms with van der Waals surface area (Å²) in [5.74, 6) is 0.781. The molecule has 1 unspecified atom stereocenters. The molecule has 1 saturated heterocycles. The van der Waals surface area contributed by atoms with Crippen LogP contribution in [0.3, 0.4) is 0 Å². The molecule has 0 aromatic rings. The molecule has 12 heavy (non-hydrogen) atoms. The average Bonchev–Trinajstić information content (AvgIpc) is 2.04. The van der Waals surface area contributed by atoms with Gasteiger partial charge in [-0.15, -0.1) is 0 Å². The summed E-state index contributed by atoms with van der Waals surface area (Å²) in [5, 5.41) is 3.14. The number of hydrogen-bond donors (Lipinski definition) is 1. The van der Waals surface area contributed by atoms with Crippen LogP contribution in [0.2, 0.25) is 0 Å². The third-order valence-electron chi connectivity index (χ3n) is 3.15. The second kappa shape index (κ2) is 3.46. The van der Waals surface area contributed by atoms with E-state index in [9.17, 15) is 4.79 Å². The van der Waals surface area contributed by atoms with Crippen molar-refractivity contribution < 1.29 is 4.79 Å². The Bertz CT molecular complexity index is 177. The van der Waals surface area contributed by atoms with Gasteiger partial charge in [-0.25, -0.2) is 0 Å². The molecule has 1 heterocycles. The standard InChI is InChI=1S/C10H19NO/c1-4-10(8(2)3)7-5-6-9(12)11-10/h8H,4-7H2,1-3H3,(H,11,12). The molecule has 1 amide bonds. The Labute approximate surface area is 74.7 Å². The van der Waals surface area contributed by atoms with Crippen LogP contribution >= 0.6 is 0 Å². The zero-order valence-corrected chi connectivity index (χ0v) is 8.31. The molecule has 0 bridgehead atoms. The fourth-order valence-corrected chi connectivity index (χ4v) is 2.07. The lowest BCUT2D eigenvalue weighted by Gasteiger charge is -2.41. The Hall–Kier alpha value is -0.530. The minimum Gasteiger partial charge on any atom is -0.350 e. The normalized spacial score (nSPS) is 30.5. The number of carbonyl (C=O) groups excluding carboxylic acids is 1. The van der Waals surface area contributed by atoms with Gasteiger partial charge in [0, 0.05) is 12.0 Å². The first-order chi connectivity index (χ1) is 5.60. The van der Waals surface area contributed by atoms with Gasteiger partial charge in [0.05, 0.1) is 0 Å². The number of hydrogen-bond acceptors (Lipinski definition) is 1. The van der Waals surface area contributed by atoms with Gasteiger partial charge < -0.3 is 5.32 Å². The molecule has 0 saturated carbocycles. The molecule has 2 nitrogen and oxygen atoms in total.